The number of aromatic nitrogens is 1. The minimum atomic E-state index is -0.287. The fourth-order valence-corrected chi connectivity index (χ4v) is 3.36. The second-order valence-corrected chi connectivity index (χ2v) is 5.58. The first kappa shape index (κ1) is 14.1. The Labute approximate surface area is 124 Å². The Bertz CT molecular complexity index is 672. The second-order valence-electron chi connectivity index (χ2n) is 5.58. The molecule has 1 aliphatic rings. The van der Waals surface area contributed by atoms with Crippen LogP contribution in [0.3, 0.4) is 0 Å². The van der Waals surface area contributed by atoms with Gasteiger partial charge >= 0.3 is 5.97 Å². The van der Waals surface area contributed by atoms with Crippen molar-refractivity contribution in [3.05, 3.63) is 35.0 Å². The lowest BCUT2D eigenvalue weighted by atomic mass is 9.95. The number of benzene rings is 1. The van der Waals surface area contributed by atoms with E-state index in [4.69, 9.17) is 9.84 Å². The summed E-state index contributed by atoms with van der Waals surface area (Å²) in [6.45, 7) is 1.04. The number of hydrogen-bond donors (Lipinski definition) is 1. The molecule has 0 bridgehead atoms. The summed E-state index contributed by atoms with van der Waals surface area (Å²) in [7, 11) is 1.41. The molecule has 0 amide bonds. The molecule has 4 nitrogen and oxygen atoms in total. The van der Waals surface area contributed by atoms with Crippen LogP contribution in [0.5, 0.6) is 0 Å². The number of aliphatic hydroxyl groups excluding tert-OH is 1. The van der Waals surface area contributed by atoms with Gasteiger partial charge in [0, 0.05) is 29.7 Å². The number of nitrogens with zero attached hydrogens (tertiary/aromatic N) is 1. The Morgan fingerprint density at radius 2 is 2.14 bits per heavy atom. The quantitative estimate of drug-likeness (QED) is 0.880. The van der Waals surface area contributed by atoms with E-state index < -0.39 is 0 Å². The number of esters is 1. The molecule has 0 fully saturated rings. The number of aryl methyl sites for hydroxylation is 2. The Morgan fingerprint density at radius 3 is 2.90 bits per heavy atom. The van der Waals surface area contributed by atoms with Gasteiger partial charge < -0.3 is 14.4 Å². The molecule has 1 aromatic heterocycles. The molecule has 2 aromatic rings. The molecule has 0 unspecified atom stereocenters. The van der Waals surface area contributed by atoms with Crippen molar-refractivity contribution >= 4 is 16.9 Å². The maximum Gasteiger partial charge on any atom is 0.337 e. The van der Waals surface area contributed by atoms with E-state index in [0.717, 1.165) is 25.8 Å². The lowest BCUT2D eigenvalue weighted by Crippen LogP contribution is -2.09. The maximum atomic E-state index is 11.7. The van der Waals surface area contributed by atoms with Gasteiger partial charge in [0.05, 0.1) is 12.7 Å². The van der Waals surface area contributed by atoms with Crippen LogP contribution in [0.2, 0.25) is 0 Å². The van der Waals surface area contributed by atoms with Crippen molar-refractivity contribution in [1.82, 2.24) is 4.57 Å². The molecule has 4 heteroatoms. The number of hydrogen-bond acceptors (Lipinski definition) is 3. The van der Waals surface area contributed by atoms with Gasteiger partial charge in [-0.15, -0.1) is 0 Å². The number of methoxy groups -OCH3 is 1. The van der Waals surface area contributed by atoms with Crippen LogP contribution in [-0.2, 0) is 24.1 Å². The number of aliphatic hydroxyl groups is 1. The number of rotatable bonds is 4. The van der Waals surface area contributed by atoms with Crippen LogP contribution in [0.25, 0.3) is 10.9 Å². The zero-order chi connectivity index (χ0) is 14.8. The van der Waals surface area contributed by atoms with Crippen molar-refractivity contribution in [1.29, 1.82) is 0 Å². The first-order valence-electron chi connectivity index (χ1n) is 7.59. The minimum absolute atomic E-state index is 0.203. The second kappa shape index (κ2) is 5.90. The van der Waals surface area contributed by atoms with Gasteiger partial charge in [-0.2, -0.15) is 0 Å². The van der Waals surface area contributed by atoms with E-state index >= 15 is 0 Å². The molecule has 1 aliphatic carbocycles. The largest absolute Gasteiger partial charge is 0.465 e. The molecule has 0 saturated heterocycles. The first-order chi connectivity index (χ1) is 10.3. The van der Waals surface area contributed by atoms with Gasteiger partial charge in [-0.1, -0.05) is 0 Å². The topological polar surface area (TPSA) is 51.5 Å². The Hall–Kier alpha value is -1.81. The van der Waals surface area contributed by atoms with Gasteiger partial charge in [-0.05, 0) is 55.9 Å². The van der Waals surface area contributed by atoms with E-state index in [2.05, 4.69) is 4.57 Å². The van der Waals surface area contributed by atoms with Crippen LogP contribution in [0, 0.1) is 0 Å². The van der Waals surface area contributed by atoms with Crippen molar-refractivity contribution in [3.8, 4) is 0 Å². The van der Waals surface area contributed by atoms with E-state index in [1.54, 1.807) is 0 Å². The normalized spacial score (nSPS) is 14.2. The van der Waals surface area contributed by atoms with Crippen LogP contribution < -0.4 is 0 Å². The van der Waals surface area contributed by atoms with Crippen molar-refractivity contribution < 1.29 is 14.6 Å². The van der Waals surface area contributed by atoms with Crippen LogP contribution >= 0.6 is 0 Å². The van der Waals surface area contributed by atoms with E-state index in [1.165, 1.54) is 42.1 Å². The SMILES string of the molecule is COC(=O)c1ccc2c(c1)c1c(n2CCCO)CCCC1. The fraction of sp³-hybridized carbons (Fsp3) is 0.471. The van der Waals surface area contributed by atoms with Gasteiger partial charge in [-0.3, -0.25) is 0 Å². The minimum Gasteiger partial charge on any atom is -0.465 e. The van der Waals surface area contributed by atoms with E-state index in [9.17, 15) is 4.79 Å². The van der Waals surface area contributed by atoms with Gasteiger partial charge in [-0.25, -0.2) is 4.79 Å². The van der Waals surface area contributed by atoms with Gasteiger partial charge in [0.15, 0.2) is 0 Å². The third-order valence-electron chi connectivity index (χ3n) is 4.34. The monoisotopic (exact) mass is 287 g/mol. The average molecular weight is 287 g/mol. The van der Waals surface area contributed by atoms with Crippen molar-refractivity contribution in [3.63, 3.8) is 0 Å². The summed E-state index contributed by atoms with van der Waals surface area (Å²) in [4.78, 5) is 11.7. The lowest BCUT2D eigenvalue weighted by molar-refractivity contribution is 0.0601. The summed E-state index contributed by atoms with van der Waals surface area (Å²) in [5.74, 6) is -0.287. The molecule has 0 atom stereocenters. The van der Waals surface area contributed by atoms with E-state index in [1.807, 2.05) is 18.2 Å². The fourth-order valence-electron chi connectivity index (χ4n) is 3.36. The summed E-state index contributed by atoms with van der Waals surface area (Å²) >= 11 is 0. The third-order valence-corrected chi connectivity index (χ3v) is 4.34. The molecule has 0 radical (unpaired) electrons. The number of ether oxygens (including phenoxy) is 1. The summed E-state index contributed by atoms with van der Waals surface area (Å²) in [6.07, 6.45) is 5.33. The standard InChI is InChI=1S/C17H21NO3/c1-21-17(20)12-7-8-16-14(11-12)13-5-2-3-6-15(13)18(16)9-4-10-19/h7-8,11,19H,2-6,9-10H2,1H3. The zero-order valence-electron chi connectivity index (χ0n) is 12.4. The molecule has 1 heterocycles. The van der Waals surface area contributed by atoms with E-state index in [0.29, 0.717) is 5.56 Å². The predicted octanol–water partition coefficient (Wildman–Crippen LogP) is 2.69. The summed E-state index contributed by atoms with van der Waals surface area (Å²) in [6, 6.07) is 5.80. The third kappa shape index (κ3) is 2.44. The molecule has 0 aliphatic heterocycles. The van der Waals surface area contributed by atoms with Crippen LogP contribution in [0.15, 0.2) is 18.2 Å². The summed E-state index contributed by atoms with van der Waals surface area (Å²) < 4.78 is 7.14. The highest BCUT2D eigenvalue weighted by Crippen LogP contribution is 2.33. The predicted molar refractivity (Wildman–Crippen MR) is 81.6 cm³/mol. The molecule has 21 heavy (non-hydrogen) atoms. The van der Waals surface area contributed by atoms with Crippen molar-refractivity contribution in [2.75, 3.05) is 13.7 Å². The van der Waals surface area contributed by atoms with Gasteiger partial charge in [0.2, 0.25) is 0 Å². The lowest BCUT2D eigenvalue weighted by Gasteiger charge is -2.15. The molecule has 0 saturated carbocycles. The molecule has 1 aromatic carbocycles. The maximum absolute atomic E-state index is 11.7. The number of fused-ring (bicyclic) bond motifs is 3. The highest BCUT2D eigenvalue weighted by molar-refractivity contribution is 5.96. The Kier molecular flexibility index (Phi) is 3.97. The van der Waals surface area contributed by atoms with Gasteiger partial charge in [0.25, 0.3) is 0 Å². The Balaban J connectivity index is 2.15. The van der Waals surface area contributed by atoms with E-state index in [-0.39, 0.29) is 12.6 Å². The van der Waals surface area contributed by atoms with Crippen LogP contribution in [0.1, 0.15) is 40.9 Å². The van der Waals surface area contributed by atoms with Crippen molar-refractivity contribution in [2.24, 2.45) is 0 Å². The number of carbonyl (C=O) groups is 1. The van der Waals surface area contributed by atoms with Crippen molar-refractivity contribution in [2.45, 2.75) is 38.6 Å². The smallest absolute Gasteiger partial charge is 0.337 e. The highest BCUT2D eigenvalue weighted by Gasteiger charge is 2.20. The molecular formula is C17H21NO3. The molecular weight excluding hydrogens is 266 g/mol. The number of carbonyl (C=O) groups excluding carboxylic acids is 1. The van der Waals surface area contributed by atoms with Gasteiger partial charge in [0.1, 0.15) is 0 Å². The molecule has 1 N–H and O–H groups in total. The Morgan fingerprint density at radius 1 is 1.33 bits per heavy atom. The molecule has 112 valence electrons. The summed E-state index contributed by atoms with van der Waals surface area (Å²) in [5, 5.41) is 10.3. The van der Waals surface area contributed by atoms with Crippen LogP contribution in [-0.4, -0.2) is 29.4 Å². The first-order valence-corrected chi connectivity index (χ1v) is 7.59. The van der Waals surface area contributed by atoms with Crippen LogP contribution in [0.4, 0.5) is 0 Å². The summed E-state index contributed by atoms with van der Waals surface area (Å²) in [5.41, 5.74) is 4.53. The zero-order valence-corrected chi connectivity index (χ0v) is 12.4. The average Bonchev–Trinajstić information content (AvgIpc) is 2.85. The highest BCUT2D eigenvalue weighted by atomic mass is 16.5. The molecule has 0 spiro atoms. The molecule has 3 rings (SSSR count).